The second-order valence-corrected chi connectivity index (χ2v) is 4.65. The fourth-order valence-electron chi connectivity index (χ4n) is 1.66. The lowest BCUT2D eigenvalue weighted by Crippen LogP contribution is -2.07. The molecular formula is C12H2Cl2F4O2. The van der Waals surface area contributed by atoms with Gasteiger partial charge in [-0.05, 0) is 0 Å². The van der Waals surface area contributed by atoms with Crippen molar-refractivity contribution in [1.29, 1.82) is 0 Å². The maximum absolute atomic E-state index is 13.6. The van der Waals surface area contributed by atoms with Crippen molar-refractivity contribution in [2.24, 2.45) is 0 Å². The first-order valence-corrected chi connectivity index (χ1v) is 5.86. The smallest absolute Gasteiger partial charge is 0.212 e. The third-order valence-corrected chi connectivity index (χ3v) is 3.32. The normalized spacial score (nSPS) is 12.3. The minimum Gasteiger partial charge on any atom is -0.446 e. The molecule has 0 aromatic heterocycles. The predicted octanol–water partition coefficient (Wildman–Crippen LogP) is 5.45. The molecule has 0 aliphatic carbocycles. The Bertz CT molecular complexity index is 687. The van der Waals surface area contributed by atoms with E-state index in [9.17, 15) is 17.6 Å². The summed E-state index contributed by atoms with van der Waals surface area (Å²) in [6, 6.07) is 2.36. The summed E-state index contributed by atoms with van der Waals surface area (Å²) in [4.78, 5) is 0. The van der Waals surface area contributed by atoms with Gasteiger partial charge in [0.2, 0.25) is 34.8 Å². The standard InChI is InChI=1S/C12H2Cl2F4O2/c13-3-1-5-6(2-4(3)14)20-12-10(18)8(16)7(15)9(17)11(12)19-5/h1-2H. The van der Waals surface area contributed by atoms with E-state index in [1.165, 1.54) is 12.1 Å². The van der Waals surface area contributed by atoms with E-state index in [2.05, 4.69) is 0 Å². The highest BCUT2D eigenvalue weighted by molar-refractivity contribution is 6.42. The van der Waals surface area contributed by atoms with Crippen LogP contribution in [0.5, 0.6) is 23.0 Å². The molecule has 0 saturated carbocycles. The molecule has 0 fully saturated rings. The van der Waals surface area contributed by atoms with Gasteiger partial charge in [0.25, 0.3) is 0 Å². The summed E-state index contributed by atoms with van der Waals surface area (Å²) in [6.07, 6.45) is 0. The Hall–Kier alpha value is -1.66. The second-order valence-electron chi connectivity index (χ2n) is 3.83. The zero-order valence-corrected chi connectivity index (χ0v) is 10.8. The summed E-state index contributed by atoms with van der Waals surface area (Å²) < 4.78 is 63.3. The van der Waals surface area contributed by atoms with Gasteiger partial charge >= 0.3 is 0 Å². The molecule has 2 aromatic rings. The first kappa shape index (κ1) is 13.3. The summed E-state index contributed by atoms with van der Waals surface area (Å²) in [5.41, 5.74) is 0. The summed E-state index contributed by atoms with van der Waals surface area (Å²) >= 11 is 11.5. The summed E-state index contributed by atoms with van der Waals surface area (Å²) in [6.45, 7) is 0. The molecule has 0 N–H and O–H groups in total. The van der Waals surface area contributed by atoms with Gasteiger partial charge in [0.1, 0.15) is 0 Å². The quantitative estimate of drug-likeness (QED) is 0.311. The number of benzene rings is 2. The van der Waals surface area contributed by atoms with E-state index >= 15 is 0 Å². The number of hydrogen-bond acceptors (Lipinski definition) is 2. The molecular weight excluding hydrogens is 323 g/mol. The molecule has 0 amide bonds. The van der Waals surface area contributed by atoms with Crippen LogP contribution in [0.25, 0.3) is 0 Å². The molecule has 0 saturated heterocycles. The van der Waals surface area contributed by atoms with Gasteiger partial charge < -0.3 is 9.47 Å². The Morgan fingerprint density at radius 1 is 0.650 bits per heavy atom. The van der Waals surface area contributed by atoms with Crippen LogP contribution >= 0.6 is 23.2 Å². The van der Waals surface area contributed by atoms with Crippen molar-refractivity contribution in [1.82, 2.24) is 0 Å². The fourth-order valence-corrected chi connectivity index (χ4v) is 1.97. The highest BCUT2D eigenvalue weighted by Gasteiger charge is 2.33. The van der Waals surface area contributed by atoms with E-state index in [1.807, 2.05) is 0 Å². The summed E-state index contributed by atoms with van der Waals surface area (Å²) in [5, 5.41) is 0.141. The molecule has 1 heterocycles. The van der Waals surface area contributed by atoms with Gasteiger partial charge in [-0.3, -0.25) is 0 Å². The zero-order valence-electron chi connectivity index (χ0n) is 9.24. The Labute approximate surface area is 119 Å². The van der Waals surface area contributed by atoms with E-state index in [1.54, 1.807) is 0 Å². The van der Waals surface area contributed by atoms with E-state index in [-0.39, 0.29) is 21.5 Å². The molecule has 20 heavy (non-hydrogen) atoms. The van der Waals surface area contributed by atoms with Gasteiger partial charge in [0.05, 0.1) is 10.0 Å². The zero-order chi connectivity index (χ0) is 14.6. The average molecular weight is 325 g/mol. The maximum Gasteiger partial charge on any atom is 0.212 e. The minimum atomic E-state index is -1.99. The van der Waals surface area contributed by atoms with Gasteiger partial charge in [-0.25, -0.2) is 8.78 Å². The topological polar surface area (TPSA) is 18.5 Å². The van der Waals surface area contributed by atoms with Gasteiger partial charge in [-0.1, -0.05) is 23.2 Å². The van der Waals surface area contributed by atoms with E-state index < -0.39 is 34.8 Å². The lowest BCUT2D eigenvalue weighted by atomic mass is 10.2. The molecule has 0 unspecified atom stereocenters. The fraction of sp³-hybridized carbons (Fsp3) is 0. The number of ether oxygens (including phenoxy) is 2. The number of hydrogen-bond donors (Lipinski definition) is 0. The average Bonchev–Trinajstić information content (AvgIpc) is 2.43. The first-order chi connectivity index (χ1) is 9.40. The Morgan fingerprint density at radius 2 is 1.00 bits per heavy atom. The monoisotopic (exact) mass is 324 g/mol. The Morgan fingerprint density at radius 3 is 1.35 bits per heavy atom. The van der Waals surface area contributed by atoms with Crippen LogP contribution in [0.2, 0.25) is 10.0 Å². The molecule has 104 valence electrons. The molecule has 8 heteroatoms. The van der Waals surface area contributed by atoms with Gasteiger partial charge in [0.15, 0.2) is 11.5 Å². The highest BCUT2D eigenvalue weighted by Crippen LogP contribution is 2.50. The molecule has 0 atom stereocenters. The van der Waals surface area contributed by atoms with Crippen LogP contribution in [-0.2, 0) is 0 Å². The number of halogens is 6. The largest absolute Gasteiger partial charge is 0.446 e. The highest BCUT2D eigenvalue weighted by atomic mass is 35.5. The number of fused-ring (bicyclic) bond motifs is 2. The van der Waals surface area contributed by atoms with Crippen molar-refractivity contribution >= 4 is 23.2 Å². The van der Waals surface area contributed by atoms with Gasteiger partial charge in [-0.15, -0.1) is 0 Å². The molecule has 3 rings (SSSR count). The SMILES string of the molecule is Fc1c(F)c(F)c2c(c1F)Oc1cc(Cl)c(Cl)cc1O2. The van der Waals surface area contributed by atoms with Gasteiger partial charge in [-0.2, -0.15) is 8.78 Å². The Balaban J connectivity index is 2.23. The van der Waals surface area contributed by atoms with Crippen molar-refractivity contribution in [3.63, 3.8) is 0 Å². The van der Waals surface area contributed by atoms with Crippen LogP contribution in [-0.4, -0.2) is 0 Å². The molecule has 0 radical (unpaired) electrons. The van der Waals surface area contributed by atoms with E-state index in [0.717, 1.165) is 0 Å². The van der Waals surface area contributed by atoms with Crippen molar-refractivity contribution in [3.05, 3.63) is 45.4 Å². The Kier molecular flexibility index (Phi) is 2.95. The van der Waals surface area contributed by atoms with Crippen LogP contribution in [0.1, 0.15) is 0 Å². The second kappa shape index (κ2) is 4.43. The van der Waals surface area contributed by atoms with Crippen molar-refractivity contribution in [3.8, 4) is 23.0 Å². The van der Waals surface area contributed by atoms with Gasteiger partial charge in [0, 0.05) is 12.1 Å². The summed E-state index contributed by atoms with van der Waals surface area (Å²) in [7, 11) is 0. The minimum absolute atomic E-state index is 0.0703. The molecule has 2 aromatic carbocycles. The van der Waals surface area contributed by atoms with Crippen LogP contribution in [0, 0.1) is 23.3 Å². The van der Waals surface area contributed by atoms with E-state index in [4.69, 9.17) is 32.7 Å². The van der Waals surface area contributed by atoms with Crippen molar-refractivity contribution in [2.75, 3.05) is 0 Å². The van der Waals surface area contributed by atoms with Crippen LogP contribution in [0.15, 0.2) is 12.1 Å². The third kappa shape index (κ3) is 1.79. The molecule has 0 bridgehead atoms. The molecule has 0 spiro atoms. The van der Waals surface area contributed by atoms with Crippen LogP contribution < -0.4 is 9.47 Å². The summed E-state index contributed by atoms with van der Waals surface area (Å²) in [5.74, 6) is -9.38. The van der Waals surface area contributed by atoms with Crippen LogP contribution in [0.3, 0.4) is 0 Å². The first-order valence-electron chi connectivity index (χ1n) is 5.11. The van der Waals surface area contributed by atoms with Crippen LogP contribution in [0.4, 0.5) is 17.6 Å². The molecule has 2 nitrogen and oxygen atoms in total. The third-order valence-electron chi connectivity index (χ3n) is 2.59. The van der Waals surface area contributed by atoms with Crippen molar-refractivity contribution < 1.29 is 27.0 Å². The molecule has 1 aliphatic heterocycles. The lowest BCUT2D eigenvalue weighted by molar-refractivity contribution is 0.298. The lowest BCUT2D eigenvalue weighted by Gasteiger charge is -2.22. The van der Waals surface area contributed by atoms with E-state index in [0.29, 0.717) is 0 Å². The predicted molar refractivity (Wildman–Crippen MR) is 62.9 cm³/mol. The number of rotatable bonds is 0. The molecule has 1 aliphatic rings. The maximum atomic E-state index is 13.6. The van der Waals surface area contributed by atoms with Crippen molar-refractivity contribution in [2.45, 2.75) is 0 Å².